The lowest BCUT2D eigenvalue weighted by molar-refractivity contribution is 0.00578. The number of hydrogen-bond acceptors (Lipinski definition) is 5. The third kappa shape index (κ3) is 5.85. The minimum absolute atomic E-state index is 0.00243. The number of benzene rings is 1. The quantitative estimate of drug-likeness (QED) is 0.239. The predicted octanol–water partition coefficient (Wildman–Crippen LogP) is 6.12. The summed E-state index contributed by atoms with van der Waals surface area (Å²) in [5, 5.41) is 0. The molecule has 1 heterocycles. The zero-order chi connectivity index (χ0) is 22.3. The van der Waals surface area contributed by atoms with Crippen LogP contribution in [0.2, 0.25) is 0 Å². The fraction of sp³-hybridized carbons (Fsp3) is 0.727. The summed E-state index contributed by atoms with van der Waals surface area (Å²) in [4.78, 5) is 1.06. The van der Waals surface area contributed by atoms with Gasteiger partial charge in [0.15, 0.2) is 6.79 Å². The van der Waals surface area contributed by atoms with Gasteiger partial charge >= 0.3 is 7.12 Å². The Bertz CT molecular complexity index is 712. The van der Waals surface area contributed by atoms with Crippen molar-refractivity contribution < 1.29 is 18.8 Å². The zero-order valence-corrected chi connectivity index (χ0v) is 22.5. The van der Waals surface area contributed by atoms with Crippen molar-refractivity contribution in [2.24, 2.45) is 5.41 Å². The molecule has 1 aliphatic rings. The maximum absolute atomic E-state index is 6.38. The van der Waals surface area contributed by atoms with Gasteiger partial charge in [-0.15, -0.1) is 0 Å². The molecule has 0 saturated carbocycles. The molecule has 0 N–H and O–H groups in total. The highest BCUT2D eigenvalue weighted by molar-refractivity contribution is 14.2. The minimum atomic E-state index is -0.487. The van der Waals surface area contributed by atoms with Crippen LogP contribution in [-0.2, 0) is 19.5 Å². The van der Waals surface area contributed by atoms with Gasteiger partial charge < -0.3 is 18.8 Å². The normalized spacial score (nSPS) is 18.9. The average molecular weight is 534 g/mol. The van der Waals surface area contributed by atoms with E-state index < -0.39 is 18.3 Å². The second kappa shape index (κ2) is 8.89. The molecular weight excluding hydrogens is 498 g/mol. The summed E-state index contributed by atoms with van der Waals surface area (Å²) < 4.78 is 24.0. The maximum atomic E-state index is 6.38. The molecule has 2 rings (SSSR count). The van der Waals surface area contributed by atoms with Crippen molar-refractivity contribution in [3.8, 4) is 5.75 Å². The molecule has 0 atom stereocenters. The van der Waals surface area contributed by atoms with Crippen molar-refractivity contribution in [2.45, 2.75) is 90.2 Å². The van der Waals surface area contributed by atoms with Gasteiger partial charge in [-0.3, -0.25) is 0 Å². The molecule has 7 heteroatoms. The molecule has 0 bridgehead atoms. The zero-order valence-electron chi connectivity index (χ0n) is 19.6. The van der Waals surface area contributed by atoms with Crippen molar-refractivity contribution in [3.05, 3.63) is 17.7 Å². The lowest BCUT2D eigenvalue weighted by Crippen LogP contribution is -2.41. The highest BCUT2D eigenvalue weighted by atomic mass is 127. The van der Waals surface area contributed by atoms with Crippen molar-refractivity contribution in [3.63, 3.8) is 0 Å². The SMILES string of the molecule is COCOc1c(SI)cc(C(C)(C)CC(C)(C)C)cc1B1OC(C)(C)C(C)(C)O1. The first kappa shape index (κ1) is 25.3. The Kier molecular flexibility index (Phi) is 7.75. The van der Waals surface area contributed by atoms with Crippen LogP contribution in [0.15, 0.2) is 17.0 Å². The van der Waals surface area contributed by atoms with E-state index in [0.29, 0.717) is 0 Å². The maximum Gasteiger partial charge on any atom is 0.498 e. The average Bonchev–Trinajstić information content (AvgIpc) is 2.77. The van der Waals surface area contributed by atoms with Gasteiger partial charge in [-0.1, -0.05) is 40.7 Å². The molecule has 0 spiro atoms. The van der Waals surface area contributed by atoms with Crippen LogP contribution in [0.3, 0.4) is 0 Å². The van der Waals surface area contributed by atoms with E-state index in [4.69, 9.17) is 18.8 Å². The molecule has 0 radical (unpaired) electrons. The Hall–Kier alpha value is 0.0449. The number of hydrogen-bond donors (Lipinski definition) is 0. The van der Waals surface area contributed by atoms with Crippen molar-refractivity contribution in [1.29, 1.82) is 0 Å². The van der Waals surface area contributed by atoms with Crippen molar-refractivity contribution >= 4 is 42.7 Å². The lowest BCUT2D eigenvalue weighted by atomic mass is 9.69. The summed E-state index contributed by atoms with van der Waals surface area (Å²) in [6.45, 7) is 19.9. The van der Waals surface area contributed by atoms with E-state index in [1.165, 1.54) is 5.56 Å². The Morgan fingerprint density at radius 3 is 2.03 bits per heavy atom. The summed E-state index contributed by atoms with van der Waals surface area (Å²) in [6.07, 6.45) is 1.06. The van der Waals surface area contributed by atoms with E-state index in [1.807, 2.05) is 0 Å². The first-order valence-electron chi connectivity index (χ1n) is 10.1. The van der Waals surface area contributed by atoms with E-state index in [-0.39, 0.29) is 17.6 Å². The summed E-state index contributed by atoms with van der Waals surface area (Å²) in [7, 11) is 2.79. The summed E-state index contributed by atoms with van der Waals surface area (Å²) in [5.74, 6) is 0.778. The highest BCUT2D eigenvalue weighted by Gasteiger charge is 2.53. The van der Waals surface area contributed by atoms with Gasteiger partial charge in [0.05, 0.1) is 16.1 Å². The highest BCUT2D eigenvalue weighted by Crippen LogP contribution is 2.43. The molecule has 29 heavy (non-hydrogen) atoms. The molecule has 0 aliphatic carbocycles. The molecule has 1 fully saturated rings. The van der Waals surface area contributed by atoms with Gasteiger partial charge in [-0.05, 0) is 65.5 Å². The summed E-state index contributed by atoms with van der Waals surface area (Å²) in [5.41, 5.74) is 1.59. The number of rotatable bonds is 7. The molecule has 0 amide bonds. The molecule has 0 aromatic heterocycles. The molecule has 1 saturated heterocycles. The number of methoxy groups -OCH3 is 1. The van der Waals surface area contributed by atoms with Crippen molar-refractivity contribution in [2.75, 3.05) is 13.9 Å². The van der Waals surface area contributed by atoms with E-state index in [1.54, 1.807) is 16.0 Å². The third-order valence-electron chi connectivity index (χ3n) is 5.75. The molecule has 1 aromatic rings. The van der Waals surface area contributed by atoms with Crippen LogP contribution in [0.1, 0.15) is 74.3 Å². The van der Waals surface area contributed by atoms with Crippen molar-refractivity contribution in [1.82, 2.24) is 0 Å². The molecule has 1 aliphatic heterocycles. The topological polar surface area (TPSA) is 36.9 Å². The molecule has 164 valence electrons. The Morgan fingerprint density at radius 2 is 1.59 bits per heavy atom. The van der Waals surface area contributed by atoms with E-state index >= 15 is 0 Å². The van der Waals surface area contributed by atoms with Crippen LogP contribution in [0.25, 0.3) is 0 Å². The molecule has 0 unspecified atom stereocenters. The van der Waals surface area contributed by atoms with Gasteiger partial charge in [-0.25, -0.2) is 0 Å². The smallest absolute Gasteiger partial charge is 0.467 e. The van der Waals surface area contributed by atoms with E-state index in [9.17, 15) is 0 Å². The standard InChI is InChI=1S/C22H36BIO4S/c1-19(2,3)13-20(4,5)15-11-16(18(26-14-25-10)17(12-15)29-24)23-27-21(6,7)22(8,9)28-23/h11-12H,13-14H2,1-10H3. The largest absolute Gasteiger partial charge is 0.498 e. The van der Waals surface area contributed by atoms with E-state index in [0.717, 1.165) is 22.5 Å². The lowest BCUT2D eigenvalue weighted by Gasteiger charge is -2.34. The van der Waals surface area contributed by atoms with Crippen LogP contribution in [0.5, 0.6) is 5.75 Å². The van der Waals surface area contributed by atoms with Crippen LogP contribution in [0, 0.1) is 5.41 Å². The number of ether oxygens (including phenoxy) is 2. The van der Waals surface area contributed by atoms with Gasteiger partial charge in [0.1, 0.15) is 5.75 Å². The first-order valence-corrected chi connectivity index (χ1v) is 13.4. The number of halogens is 1. The molecule has 4 nitrogen and oxygen atoms in total. The Morgan fingerprint density at radius 1 is 1.03 bits per heavy atom. The second-order valence-corrected chi connectivity index (χ2v) is 12.6. The van der Waals surface area contributed by atoms with Gasteiger partial charge in [0, 0.05) is 33.8 Å². The van der Waals surface area contributed by atoms with E-state index in [2.05, 4.69) is 95.7 Å². The van der Waals surface area contributed by atoms with Gasteiger partial charge in [0.2, 0.25) is 0 Å². The Balaban J connectivity index is 2.60. The second-order valence-electron chi connectivity index (χ2n) is 10.7. The van der Waals surface area contributed by atoms with Crippen LogP contribution in [-0.4, -0.2) is 32.2 Å². The molecule has 1 aromatic carbocycles. The Labute approximate surface area is 193 Å². The van der Waals surface area contributed by atoms with Gasteiger partial charge in [0.25, 0.3) is 0 Å². The summed E-state index contributed by atoms with van der Waals surface area (Å²) in [6, 6.07) is 4.44. The van der Waals surface area contributed by atoms with Crippen LogP contribution >= 0.6 is 30.1 Å². The first-order chi connectivity index (χ1) is 13.1. The van der Waals surface area contributed by atoms with Gasteiger partial charge in [-0.2, -0.15) is 0 Å². The minimum Gasteiger partial charge on any atom is -0.467 e. The van der Waals surface area contributed by atoms with Crippen LogP contribution in [0.4, 0.5) is 0 Å². The summed E-state index contributed by atoms with van der Waals surface area (Å²) >= 11 is 2.31. The third-order valence-corrected chi connectivity index (χ3v) is 7.64. The fourth-order valence-corrected chi connectivity index (χ4v) is 5.32. The predicted molar refractivity (Wildman–Crippen MR) is 132 cm³/mol. The fourth-order valence-electron chi connectivity index (χ4n) is 3.92. The van der Waals surface area contributed by atoms with Crippen LogP contribution < -0.4 is 10.2 Å². The monoisotopic (exact) mass is 534 g/mol. The molecular formula is C22H36BIO4S.